The van der Waals surface area contributed by atoms with E-state index < -0.39 is 5.60 Å². The van der Waals surface area contributed by atoms with Crippen molar-refractivity contribution in [1.82, 2.24) is 9.88 Å². The maximum atomic E-state index is 12.4. The molecular formula is C17H24BrN3O2S. The number of anilines is 1. The van der Waals surface area contributed by atoms with Crippen LogP contribution in [0, 0.1) is 0 Å². The van der Waals surface area contributed by atoms with Crippen molar-refractivity contribution in [2.75, 3.05) is 18.0 Å². The first-order chi connectivity index (χ1) is 11.2. The van der Waals surface area contributed by atoms with Crippen molar-refractivity contribution in [3.63, 3.8) is 0 Å². The topological polar surface area (TPSA) is 45.7 Å². The molecule has 1 saturated heterocycles. The van der Waals surface area contributed by atoms with E-state index in [1.54, 1.807) is 0 Å². The van der Waals surface area contributed by atoms with Crippen molar-refractivity contribution in [3.05, 3.63) is 21.8 Å². The highest BCUT2D eigenvalue weighted by Gasteiger charge is 2.41. The van der Waals surface area contributed by atoms with Gasteiger partial charge in [0.2, 0.25) is 0 Å². The molecule has 3 heterocycles. The zero-order valence-corrected chi connectivity index (χ0v) is 17.0. The Morgan fingerprint density at radius 2 is 2.17 bits per heavy atom. The monoisotopic (exact) mass is 413 g/mol. The van der Waals surface area contributed by atoms with Crippen LogP contribution in [-0.4, -0.2) is 46.8 Å². The molecule has 0 bridgehead atoms. The molecule has 3 rings (SSSR count). The van der Waals surface area contributed by atoms with Crippen LogP contribution >= 0.6 is 28.6 Å². The largest absolute Gasteiger partial charge is 0.444 e. The van der Waals surface area contributed by atoms with Crippen LogP contribution in [0.5, 0.6) is 0 Å². The van der Waals surface area contributed by atoms with E-state index in [9.17, 15) is 4.79 Å². The molecule has 2 atom stereocenters. The molecule has 5 nitrogen and oxygen atoms in total. The molecule has 7 heteroatoms. The summed E-state index contributed by atoms with van der Waals surface area (Å²) in [5.74, 6) is 1.65. The molecule has 0 spiro atoms. The van der Waals surface area contributed by atoms with Crippen LogP contribution in [0.4, 0.5) is 10.6 Å². The van der Waals surface area contributed by atoms with Gasteiger partial charge >= 0.3 is 6.09 Å². The number of piperazine rings is 1. The van der Waals surface area contributed by atoms with Crippen LogP contribution in [0.3, 0.4) is 0 Å². The number of fused-ring (bicyclic) bond motifs is 3. The molecule has 1 aromatic rings. The Bertz CT molecular complexity index is 662. The minimum atomic E-state index is -0.468. The highest BCUT2D eigenvalue weighted by Crippen LogP contribution is 2.37. The van der Waals surface area contributed by atoms with Gasteiger partial charge in [-0.05, 0) is 61.7 Å². The highest BCUT2D eigenvalue weighted by atomic mass is 79.9. The lowest BCUT2D eigenvalue weighted by Gasteiger charge is -2.43. The van der Waals surface area contributed by atoms with E-state index in [4.69, 9.17) is 9.72 Å². The first-order valence-electron chi connectivity index (χ1n) is 8.25. The molecule has 0 unspecified atom stereocenters. The second kappa shape index (κ2) is 6.41. The number of pyridine rings is 1. The fourth-order valence-corrected chi connectivity index (χ4v) is 4.46. The van der Waals surface area contributed by atoms with Crippen LogP contribution in [-0.2, 0) is 16.9 Å². The third-order valence-electron chi connectivity index (χ3n) is 4.39. The molecule has 2 aliphatic rings. The Morgan fingerprint density at radius 1 is 1.46 bits per heavy atom. The summed E-state index contributed by atoms with van der Waals surface area (Å²) in [6.07, 6.45) is 0.674. The summed E-state index contributed by atoms with van der Waals surface area (Å²) in [5, 5.41) is 0. The van der Waals surface area contributed by atoms with Crippen LogP contribution in [0.1, 0.15) is 39.0 Å². The highest BCUT2D eigenvalue weighted by molar-refractivity contribution is 9.10. The van der Waals surface area contributed by atoms with E-state index >= 15 is 0 Å². The lowest BCUT2D eigenvalue weighted by molar-refractivity contribution is 0.0191. The summed E-state index contributed by atoms with van der Waals surface area (Å²) in [6, 6.07) is 2.61. The molecule has 2 aliphatic heterocycles. The maximum absolute atomic E-state index is 12.4. The molecule has 0 aromatic carbocycles. The van der Waals surface area contributed by atoms with Crippen molar-refractivity contribution in [1.29, 1.82) is 0 Å². The molecule has 0 N–H and O–H groups in total. The van der Waals surface area contributed by atoms with Gasteiger partial charge in [-0.1, -0.05) is 0 Å². The fourth-order valence-electron chi connectivity index (χ4n) is 3.50. The van der Waals surface area contributed by atoms with Crippen LogP contribution in [0.15, 0.2) is 10.5 Å². The van der Waals surface area contributed by atoms with E-state index in [0.29, 0.717) is 18.8 Å². The van der Waals surface area contributed by atoms with Gasteiger partial charge in [-0.15, -0.1) is 0 Å². The Labute approximate surface area is 157 Å². The number of carbonyl (C=O) groups excluding carboxylic acids is 1. The predicted octanol–water partition coefficient (Wildman–Crippen LogP) is 3.64. The summed E-state index contributed by atoms with van der Waals surface area (Å²) in [4.78, 5) is 21.4. The number of halogens is 1. The average Bonchev–Trinajstić information content (AvgIpc) is 2.81. The molecule has 0 aliphatic carbocycles. The van der Waals surface area contributed by atoms with Gasteiger partial charge in [0.15, 0.2) is 0 Å². The Hall–Kier alpha value is -0.950. The first kappa shape index (κ1) is 17.9. The van der Waals surface area contributed by atoms with Crippen LogP contribution < -0.4 is 4.90 Å². The predicted molar refractivity (Wildman–Crippen MR) is 102 cm³/mol. The number of carbonyl (C=O) groups is 1. The molecule has 0 radical (unpaired) electrons. The first-order valence-corrected chi connectivity index (χ1v) is 9.67. The van der Waals surface area contributed by atoms with E-state index in [1.807, 2.05) is 25.7 Å². The smallest absolute Gasteiger partial charge is 0.410 e. The lowest BCUT2D eigenvalue weighted by Crippen LogP contribution is -2.58. The SMILES string of the molecule is C[C@@H]1CN(C(=O)OC(C)(C)C)C[C@H]2Cc3cc(Br)c(CS)nc3N21. The summed E-state index contributed by atoms with van der Waals surface area (Å²) in [6.45, 7) is 9.16. The number of aromatic nitrogens is 1. The van der Waals surface area contributed by atoms with Gasteiger partial charge in [0.1, 0.15) is 11.4 Å². The van der Waals surface area contributed by atoms with Gasteiger partial charge in [0, 0.05) is 29.4 Å². The number of thiol groups is 1. The quantitative estimate of drug-likeness (QED) is 0.713. The molecule has 1 fully saturated rings. The zero-order chi connectivity index (χ0) is 17.6. The van der Waals surface area contributed by atoms with Crippen molar-refractivity contribution in [3.8, 4) is 0 Å². The number of ether oxygens (including phenoxy) is 1. The number of hydrogen-bond acceptors (Lipinski definition) is 5. The molecule has 0 saturated carbocycles. The number of hydrogen-bond donors (Lipinski definition) is 1. The Morgan fingerprint density at radius 3 is 2.79 bits per heavy atom. The molecule has 132 valence electrons. The van der Waals surface area contributed by atoms with E-state index in [-0.39, 0.29) is 18.2 Å². The minimum Gasteiger partial charge on any atom is -0.444 e. The van der Waals surface area contributed by atoms with Crippen molar-refractivity contribution < 1.29 is 9.53 Å². The van der Waals surface area contributed by atoms with E-state index in [2.05, 4.69) is 46.4 Å². The maximum Gasteiger partial charge on any atom is 0.410 e. The van der Waals surface area contributed by atoms with Gasteiger partial charge in [0.05, 0.1) is 11.7 Å². The summed E-state index contributed by atoms with van der Waals surface area (Å²) < 4.78 is 6.55. The third kappa shape index (κ3) is 3.38. The van der Waals surface area contributed by atoms with Gasteiger partial charge in [0.25, 0.3) is 0 Å². The number of rotatable bonds is 1. The van der Waals surface area contributed by atoms with Gasteiger partial charge in [-0.25, -0.2) is 9.78 Å². The third-order valence-corrected chi connectivity index (χ3v) is 5.38. The number of amides is 1. The van der Waals surface area contributed by atoms with E-state index in [0.717, 1.165) is 22.4 Å². The molecule has 1 aromatic heterocycles. The zero-order valence-electron chi connectivity index (χ0n) is 14.5. The molecule has 24 heavy (non-hydrogen) atoms. The Kier molecular flexibility index (Phi) is 4.77. The van der Waals surface area contributed by atoms with Crippen molar-refractivity contribution in [2.45, 2.75) is 57.6 Å². The van der Waals surface area contributed by atoms with Crippen molar-refractivity contribution >= 4 is 40.5 Å². The van der Waals surface area contributed by atoms with Crippen molar-refractivity contribution in [2.24, 2.45) is 0 Å². The van der Waals surface area contributed by atoms with Crippen LogP contribution in [0.25, 0.3) is 0 Å². The summed E-state index contributed by atoms with van der Waals surface area (Å²) in [5.41, 5.74) is 1.72. The fraction of sp³-hybridized carbons (Fsp3) is 0.647. The Balaban J connectivity index is 1.81. The lowest BCUT2D eigenvalue weighted by atomic mass is 10.1. The second-order valence-corrected chi connectivity index (χ2v) is 8.73. The van der Waals surface area contributed by atoms with Gasteiger partial charge in [-0.3, -0.25) is 0 Å². The van der Waals surface area contributed by atoms with Crippen LogP contribution in [0.2, 0.25) is 0 Å². The number of nitrogens with zero attached hydrogens (tertiary/aromatic N) is 3. The van der Waals surface area contributed by atoms with E-state index in [1.165, 1.54) is 5.56 Å². The molecular weight excluding hydrogens is 390 g/mol. The summed E-state index contributed by atoms with van der Waals surface area (Å²) in [7, 11) is 0. The minimum absolute atomic E-state index is 0.207. The average molecular weight is 414 g/mol. The normalized spacial score (nSPS) is 23.1. The standard InChI is InChI=1S/C17H24BrN3O2S/c1-10-7-20(16(22)23-17(2,3)4)8-12-5-11-6-13(18)14(9-24)19-15(11)21(10)12/h6,10,12,24H,5,7-9H2,1-4H3/t10-,12-/m1/s1. The second-order valence-electron chi connectivity index (χ2n) is 7.56. The molecule has 1 amide bonds. The van der Waals surface area contributed by atoms with Gasteiger partial charge in [-0.2, -0.15) is 12.6 Å². The van der Waals surface area contributed by atoms with Gasteiger partial charge < -0.3 is 14.5 Å². The summed E-state index contributed by atoms with van der Waals surface area (Å²) >= 11 is 7.94.